The molecule has 1 N–H and O–H groups in total. The van der Waals surface area contributed by atoms with E-state index in [0.717, 1.165) is 32.4 Å². The van der Waals surface area contributed by atoms with E-state index in [0.29, 0.717) is 24.2 Å². The molecule has 0 saturated heterocycles. The monoisotopic (exact) mass is 295 g/mol. The lowest BCUT2D eigenvalue weighted by atomic mass is 9.73. The predicted molar refractivity (Wildman–Crippen MR) is 81.8 cm³/mol. The second-order valence-corrected chi connectivity index (χ2v) is 7.89. The fourth-order valence-corrected chi connectivity index (χ4v) is 4.37. The van der Waals surface area contributed by atoms with E-state index in [1.807, 2.05) is 4.90 Å². The average molecular weight is 295 g/mol. The zero-order valence-electron chi connectivity index (χ0n) is 13.8. The van der Waals surface area contributed by atoms with Gasteiger partial charge in [0.1, 0.15) is 0 Å². The van der Waals surface area contributed by atoms with Crippen LogP contribution in [0, 0.1) is 29.1 Å². The van der Waals surface area contributed by atoms with E-state index in [9.17, 15) is 14.7 Å². The Balaban J connectivity index is 2.23. The molecular formula is C17H29NO3. The molecule has 0 radical (unpaired) electrons. The summed E-state index contributed by atoms with van der Waals surface area (Å²) in [5.74, 6) is 0.120. The Bertz CT molecular complexity index is 408. The number of nitrogens with zero attached hydrogens (tertiary/aromatic N) is 1. The summed E-state index contributed by atoms with van der Waals surface area (Å²) in [6.45, 7) is 9.90. The number of aliphatic carboxylic acids is 1. The number of carboxylic acid groups (broad SMARTS) is 1. The van der Waals surface area contributed by atoms with Gasteiger partial charge in [0.25, 0.3) is 0 Å². The van der Waals surface area contributed by atoms with Crippen molar-refractivity contribution in [2.45, 2.75) is 53.4 Å². The third-order valence-electron chi connectivity index (χ3n) is 5.07. The molecule has 2 aliphatic rings. The van der Waals surface area contributed by atoms with Crippen LogP contribution in [0.2, 0.25) is 0 Å². The van der Waals surface area contributed by atoms with Crippen LogP contribution >= 0.6 is 0 Å². The maximum absolute atomic E-state index is 13.2. The van der Waals surface area contributed by atoms with E-state index >= 15 is 0 Å². The van der Waals surface area contributed by atoms with Gasteiger partial charge in [0.15, 0.2) is 0 Å². The van der Waals surface area contributed by atoms with Crippen molar-refractivity contribution < 1.29 is 14.7 Å². The van der Waals surface area contributed by atoms with E-state index in [4.69, 9.17) is 0 Å². The molecule has 2 aliphatic carbocycles. The van der Waals surface area contributed by atoms with E-state index in [1.54, 1.807) is 0 Å². The molecule has 0 aromatic carbocycles. The molecule has 0 aromatic heterocycles. The van der Waals surface area contributed by atoms with Gasteiger partial charge in [-0.1, -0.05) is 27.7 Å². The first-order valence-corrected chi connectivity index (χ1v) is 8.28. The molecule has 2 bridgehead atoms. The van der Waals surface area contributed by atoms with Gasteiger partial charge in [0.2, 0.25) is 5.91 Å². The molecule has 1 amide bonds. The first-order chi connectivity index (χ1) is 9.76. The summed E-state index contributed by atoms with van der Waals surface area (Å²) < 4.78 is 0. The maximum Gasteiger partial charge on any atom is 0.307 e. The van der Waals surface area contributed by atoms with Gasteiger partial charge in [0, 0.05) is 13.1 Å². The van der Waals surface area contributed by atoms with Crippen molar-refractivity contribution in [1.29, 1.82) is 0 Å². The molecule has 0 aliphatic heterocycles. The van der Waals surface area contributed by atoms with Crippen LogP contribution in [-0.2, 0) is 9.59 Å². The SMILES string of the molecule is CC(C)CN(CC(C)C)C(=O)C12CCC(CC1C(=O)O)C2. The van der Waals surface area contributed by atoms with Crippen molar-refractivity contribution in [3.05, 3.63) is 0 Å². The van der Waals surface area contributed by atoms with Crippen LogP contribution in [0.3, 0.4) is 0 Å². The van der Waals surface area contributed by atoms with Gasteiger partial charge in [-0.15, -0.1) is 0 Å². The number of carbonyl (C=O) groups is 2. The number of amides is 1. The summed E-state index contributed by atoms with van der Waals surface area (Å²) in [4.78, 5) is 26.7. The predicted octanol–water partition coefficient (Wildman–Crippen LogP) is 3.02. The van der Waals surface area contributed by atoms with Gasteiger partial charge in [-0.25, -0.2) is 0 Å². The maximum atomic E-state index is 13.2. The Morgan fingerprint density at radius 1 is 1.19 bits per heavy atom. The van der Waals surface area contributed by atoms with Gasteiger partial charge < -0.3 is 10.0 Å². The molecule has 2 saturated carbocycles. The van der Waals surface area contributed by atoms with Gasteiger partial charge >= 0.3 is 5.97 Å². The molecule has 0 aromatic rings. The third-order valence-corrected chi connectivity index (χ3v) is 5.07. The number of rotatable bonds is 6. The average Bonchev–Trinajstić information content (AvgIpc) is 2.94. The van der Waals surface area contributed by atoms with Crippen LogP contribution in [0.4, 0.5) is 0 Å². The number of fused-ring (bicyclic) bond motifs is 2. The summed E-state index contributed by atoms with van der Waals surface area (Å²) in [5, 5.41) is 9.52. The summed E-state index contributed by atoms with van der Waals surface area (Å²) >= 11 is 0. The lowest BCUT2D eigenvalue weighted by Gasteiger charge is -2.38. The Hall–Kier alpha value is -1.06. The number of carboxylic acids is 1. The minimum absolute atomic E-state index is 0.109. The first-order valence-electron chi connectivity index (χ1n) is 8.28. The number of hydrogen-bond acceptors (Lipinski definition) is 2. The van der Waals surface area contributed by atoms with Crippen molar-refractivity contribution in [2.24, 2.45) is 29.1 Å². The van der Waals surface area contributed by atoms with Crippen molar-refractivity contribution in [1.82, 2.24) is 4.90 Å². The fourth-order valence-electron chi connectivity index (χ4n) is 4.37. The van der Waals surface area contributed by atoms with E-state index < -0.39 is 17.3 Å². The van der Waals surface area contributed by atoms with Crippen LogP contribution in [0.5, 0.6) is 0 Å². The number of carbonyl (C=O) groups excluding carboxylic acids is 1. The van der Waals surface area contributed by atoms with Crippen LogP contribution in [0.15, 0.2) is 0 Å². The fraction of sp³-hybridized carbons (Fsp3) is 0.882. The highest BCUT2D eigenvalue weighted by molar-refractivity contribution is 5.89. The van der Waals surface area contributed by atoms with Crippen molar-refractivity contribution in [3.8, 4) is 0 Å². The zero-order valence-corrected chi connectivity index (χ0v) is 13.8. The Kier molecular flexibility index (Phi) is 4.64. The molecule has 4 nitrogen and oxygen atoms in total. The molecule has 2 fully saturated rings. The Morgan fingerprint density at radius 3 is 2.19 bits per heavy atom. The Morgan fingerprint density at radius 2 is 1.76 bits per heavy atom. The molecule has 4 heteroatoms. The molecule has 2 rings (SSSR count). The second kappa shape index (κ2) is 5.98. The van der Waals surface area contributed by atoms with E-state index in [2.05, 4.69) is 27.7 Å². The van der Waals surface area contributed by atoms with Crippen molar-refractivity contribution >= 4 is 11.9 Å². The quantitative estimate of drug-likeness (QED) is 0.819. The summed E-state index contributed by atoms with van der Waals surface area (Å²) in [6.07, 6.45) is 3.26. The van der Waals surface area contributed by atoms with Crippen LogP contribution in [0.1, 0.15) is 53.4 Å². The molecule has 3 atom stereocenters. The molecule has 21 heavy (non-hydrogen) atoms. The topological polar surface area (TPSA) is 57.6 Å². The van der Waals surface area contributed by atoms with Crippen LogP contribution in [-0.4, -0.2) is 35.0 Å². The van der Waals surface area contributed by atoms with Crippen LogP contribution < -0.4 is 0 Å². The van der Waals surface area contributed by atoms with E-state index in [-0.39, 0.29) is 5.91 Å². The van der Waals surface area contributed by atoms with E-state index in [1.165, 1.54) is 0 Å². The highest BCUT2D eigenvalue weighted by Crippen LogP contribution is 2.58. The summed E-state index contributed by atoms with van der Waals surface area (Å²) in [7, 11) is 0. The second-order valence-electron chi connectivity index (χ2n) is 7.89. The molecule has 0 spiro atoms. The molecule has 120 valence electrons. The normalized spacial score (nSPS) is 31.1. The number of hydrogen-bond donors (Lipinski definition) is 1. The van der Waals surface area contributed by atoms with Crippen molar-refractivity contribution in [2.75, 3.05) is 13.1 Å². The van der Waals surface area contributed by atoms with Gasteiger partial charge in [-0.2, -0.15) is 0 Å². The summed E-state index contributed by atoms with van der Waals surface area (Å²) in [6, 6.07) is 0. The van der Waals surface area contributed by atoms with Crippen LogP contribution in [0.25, 0.3) is 0 Å². The lowest BCUT2D eigenvalue weighted by molar-refractivity contribution is -0.157. The third kappa shape index (κ3) is 3.09. The lowest BCUT2D eigenvalue weighted by Crippen LogP contribution is -2.49. The minimum atomic E-state index is -0.778. The Labute approximate surface area is 127 Å². The smallest absolute Gasteiger partial charge is 0.307 e. The standard InChI is InChI=1S/C17H29NO3/c1-11(2)9-18(10-12(3)4)16(21)17-6-5-13(8-17)7-14(17)15(19)20/h11-14H,5-10H2,1-4H3,(H,19,20). The highest BCUT2D eigenvalue weighted by atomic mass is 16.4. The van der Waals surface area contributed by atoms with Crippen molar-refractivity contribution in [3.63, 3.8) is 0 Å². The molecular weight excluding hydrogens is 266 g/mol. The molecule has 3 unspecified atom stereocenters. The van der Waals surface area contributed by atoms with Gasteiger partial charge in [0.05, 0.1) is 11.3 Å². The largest absolute Gasteiger partial charge is 0.481 e. The zero-order chi connectivity index (χ0) is 15.8. The summed E-state index contributed by atoms with van der Waals surface area (Å²) in [5.41, 5.74) is -0.611. The highest BCUT2D eigenvalue weighted by Gasteiger charge is 2.60. The van der Waals surface area contributed by atoms with Gasteiger partial charge in [-0.05, 0) is 43.4 Å². The van der Waals surface area contributed by atoms with Gasteiger partial charge in [-0.3, -0.25) is 9.59 Å². The molecule has 0 heterocycles. The first kappa shape index (κ1) is 16.3. The minimum Gasteiger partial charge on any atom is -0.481 e.